The lowest BCUT2D eigenvalue weighted by Crippen LogP contribution is -2.30. The molecule has 7 heteroatoms. The molecule has 24 heavy (non-hydrogen) atoms. The average Bonchev–Trinajstić information content (AvgIpc) is 2.51. The summed E-state index contributed by atoms with van der Waals surface area (Å²) in [6.07, 6.45) is 0. The molecule has 2 aromatic rings. The van der Waals surface area contributed by atoms with Crippen molar-refractivity contribution in [3.63, 3.8) is 0 Å². The quantitative estimate of drug-likeness (QED) is 0.639. The highest BCUT2D eigenvalue weighted by Gasteiger charge is 2.16. The van der Waals surface area contributed by atoms with Crippen LogP contribution in [0.15, 0.2) is 42.5 Å². The number of hydrogen-bond donors (Lipinski definition) is 1. The maximum Gasteiger partial charge on any atom is 0.293 e. The third-order valence-electron chi connectivity index (χ3n) is 3.40. The van der Waals surface area contributed by atoms with E-state index in [2.05, 4.69) is 5.32 Å². The minimum atomic E-state index is -0.500. The molecule has 0 aromatic heterocycles. The van der Waals surface area contributed by atoms with Gasteiger partial charge in [0.25, 0.3) is 5.69 Å². The van der Waals surface area contributed by atoms with E-state index < -0.39 is 4.92 Å². The second kappa shape index (κ2) is 7.90. The van der Waals surface area contributed by atoms with Crippen molar-refractivity contribution in [2.24, 2.45) is 0 Å². The first-order chi connectivity index (χ1) is 11.3. The molecular formula is C17H18ClN3O3. The topological polar surface area (TPSA) is 75.5 Å². The molecule has 0 saturated heterocycles. The van der Waals surface area contributed by atoms with E-state index in [-0.39, 0.29) is 23.8 Å². The fourth-order valence-electron chi connectivity index (χ4n) is 2.29. The van der Waals surface area contributed by atoms with Crippen molar-refractivity contribution in [1.29, 1.82) is 0 Å². The lowest BCUT2D eigenvalue weighted by atomic mass is 10.2. The summed E-state index contributed by atoms with van der Waals surface area (Å²) in [5.74, 6) is -0.307. The van der Waals surface area contributed by atoms with Crippen LogP contribution >= 0.6 is 11.6 Å². The number of hydrogen-bond acceptors (Lipinski definition) is 4. The zero-order valence-electron chi connectivity index (χ0n) is 13.5. The molecule has 126 valence electrons. The fraction of sp³-hybridized carbons (Fsp3) is 0.235. The summed E-state index contributed by atoms with van der Waals surface area (Å²) in [6.45, 7) is 2.45. The number of anilines is 1. The van der Waals surface area contributed by atoms with Crippen molar-refractivity contribution in [2.75, 3.05) is 18.9 Å². The largest absolute Gasteiger partial charge is 0.319 e. The molecule has 0 saturated carbocycles. The number of carbonyl (C=O) groups excluding carboxylic acids is 1. The SMILES string of the molecule is Cc1ccc(NC(=O)CN(C)Cc2ccc(Cl)cc2)c([N+](=O)[O-])c1. The van der Waals surface area contributed by atoms with Crippen LogP contribution in [0.25, 0.3) is 0 Å². The smallest absolute Gasteiger partial charge is 0.293 e. The summed E-state index contributed by atoms with van der Waals surface area (Å²) in [5.41, 5.74) is 1.88. The average molecular weight is 348 g/mol. The van der Waals surface area contributed by atoms with Crippen LogP contribution in [0.1, 0.15) is 11.1 Å². The number of aryl methyl sites for hydroxylation is 1. The van der Waals surface area contributed by atoms with E-state index in [4.69, 9.17) is 11.6 Å². The number of rotatable bonds is 6. The van der Waals surface area contributed by atoms with E-state index in [1.165, 1.54) is 6.07 Å². The molecule has 0 bridgehead atoms. The van der Waals surface area contributed by atoms with Crippen LogP contribution in [0.4, 0.5) is 11.4 Å². The van der Waals surface area contributed by atoms with Crippen molar-refractivity contribution in [3.05, 3.63) is 68.7 Å². The summed E-state index contributed by atoms with van der Waals surface area (Å²) < 4.78 is 0. The molecule has 0 fully saturated rings. The van der Waals surface area contributed by atoms with Crippen LogP contribution in [0.2, 0.25) is 5.02 Å². The number of nitrogens with zero attached hydrogens (tertiary/aromatic N) is 2. The van der Waals surface area contributed by atoms with Crippen LogP contribution in [-0.2, 0) is 11.3 Å². The molecular weight excluding hydrogens is 330 g/mol. The second-order valence-electron chi connectivity index (χ2n) is 5.62. The first-order valence-electron chi connectivity index (χ1n) is 7.33. The number of nitrogens with one attached hydrogen (secondary N) is 1. The summed E-state index contributed by atoms with van der Waals surface area (Å²) in [6, 6.07) is 12.1. The van der Waals surface area contributed by atoms with Gasteiger partial charge in [0.05, 0.1) is 11.5 Å². The molecule has 6 nitrogen and oxygen atoms in total. The van der Waals surface area contributed by atoms with Gasteiger partial charge in [0.15, 0.2) is 0 Å². The van der Waals surface area contributed by atoms with E-state index in [1.54, 1.807) is 38.2 Å². The van der Waals surface area contributed by atoms with Crippen LogP contribution in [0.5, 0.6) is 0 Å². The van der Waals surface area contributed by atoms with Gasteiger partial charge in [0.2, 0.25) is 5.91 Å². The van der Waals surface area contributed by atoms with Crippen LogP contribution in [-0.4, -0.2) is 29.3 Å². The summed E-state index contributed by atoms with van der Waals surface area (Å²) in [7, 11) is 1.80. The Morgan fingerprint density at radius 3 is 2.54 bits per heavy atom. The highest BCUT2D eigenvalue weighted by Crippen LogP contribution is 2.25. The van der Waals surface area contributed by atoms with E-state index in [9.17, 15) is 14.9 Å². The predicted molar refractivity (Wildman–Crippen MR) is 94.2 cm³/mol. The molecule has 0 heterocycles. The number of nitro benzene ring substituents is 1. The molecule has 0 spiro atoms. The molecule has 1 amide bonds. The maximum atomic E-state index is 12.1. The van der Waals surface area contributed by atoms with E-state index >= 15 is 0 Å². The highest BCUT2D eigenvalue weighted by molar-refractivity contribution is 6.30. The molecule has 0 atom stereocenters. The van der Waals surface area contributed by atoms with Gasteiger partial charge in [-0.2, -0.15) is 0 Å². The normalized spacial score (nSPS) is 10.7. The van der Waals surface area contributed by atoms with Gasteiger partial charge in [-0.1, -0.05) is 29.8 Å². The van der Waals surface area contributed by atoms with Gasteiger partial charge >= 0.3 is 0 Å². The number of benzene rings is 2. The van der Waals surface area contributed by atoms with Crippen molar-refractivity contribution in [1.82, 2.24) is 4.90 Å². The van der Waals surface area contributed by atoms with Crippen molar-refractivity contribution < 1.29 is 9.72 Å². The Balaban J connectivity index is 1.98. The maximum absolute atomic E-state index is 12.1. The Bertz CT molecular complexity index is 747. The molecule has 0 radical (unpaired) electrons. The van der Waals surface area contributed by atoms with Crippen molar-refractivity contribution in [3.8, 4) is 0 Å². The standard InChI is InChI=1S/C17H18ClN3O3/c1-12-3-8-15(16(9-12)21(23)24)19-17(22)11-20(2)10-13-4-6-14(18)7-5-13/h3-9H,10-11H2,1-2H3,(H,19,22). The van der Waals surface area contributed by atoms with E-state index in [0.29, 0.717) is 11.6 Å². The Labute approximate surface area is 145 Å². The molecule has 0 aliphatic carbocycles. The first-order valence-corrected chi connectivity index (χ1v) is 7.71. The van der Waals surface area contributed by atoms with Gasteiger partial charge in [0, 0.05) is 17.6 Å². The van der Waals surface area contributed by atoms with Gasteiger partial charge in [0.1, 0.15) is 5.69 Å². The Kier molecular flexibility index (Phi) is 5.89. The summed E-state index contributed by atoms with van der Waals surface area (Å²) in [4.78, 5) is 24.5. The minimum Gasteiger partial charge on any atom is -0.319 e. The van der Waals surface area contributed by atoms with Gasteiger partial charge in [-0.25, -0.2) is 0 Å². The van der Waals surface area contributed by atoms with E-state index in [0.717, 1.165) is 11.1 Å². The van der Waals surface area contributed by atoms with Crippen molar-refractivity contribution >= 4 is 28.9 Å². The highest BCUT2D eigenvalue weighted by atomic mass is 35.5. The monoisotopic (exact) mass is 347 g/mol. The lowest BCUT2D eigenvalue weighted by molar-refractivity contribution is -0.384. The van der Waals surface area contributed by atoms with Crippen molar-refractivity contribution in [2.45, 2.75) is 13.5 Å². The number of nitro groups is 1. The Hall–Kier alpha value is -2.44. The third-order valence-corrected chi connectivity index (χ3v) is 3.66. The first kappa shape index (κ1) is 17.9. The molecule has 1 N–H and O–H groups in total. The number of halogens is 1. The Morgan fingerprint density at radius 1 is 1.25 bits per heavy atom. The summed E-state index contributed by atoms with van der Waals surface area (Å²) >= 11 is 5.84. The lowest BCUT2D eigenvalue weighted by Gasteiger charge is -2.16. The number of amides is 1. The third kappa shape index (κ3) is 5.04. The van der Waals surface area contributed by atoms with Gasteiger partial charge in [-0.05, 0) is 43.3 Å². The minimum absolute atomic E-state index is 0.108. The predicted octanol–water partition coefficient (Wildman–Crippen LogP) is 3.63. The van der Waals surface area contributed by atoms with Gasteiger partial charge in [-0.15, -0.1) is 0 Å². The fourth-order valence-corrected chi connectivity index (χ4v) is 2.42. The molecule has 0 unspecified atom stereocenters. The van der Waals surface area contributed by atoms with Crippen LogP contribution in [0.3, 0.4) is 0 Å². The molecule has 0 aliphatic heterocycles. The molecule has 2 rings (SSSR count). The van der Waals surface area contributed by atoms with Crippen LogP contribution < -0.4 is 5.32 Å². The number of carbonyl (C=O) groups is 1. The zero-order chi connectivity index (χ0) is 17.7. The molecule has 2 aromatic carbocycles. The van der Waals surface area contributed by atoms with Gasteiger partial charge in [-0.3, -0.25) is 19.8 Å². The Morgan fingerprint density at radius 2 is 1.92 bits per heavy atom. The second-order valence-corrected chi connectivity index (χ2v) is 6.06. The zero-order valence-corrected chi connectivity index (χ0v) is 14.2. The number of likely N-dealkylation sites (N-methyl/N-ethyl adjacent to an activating group) is 1. The van der Waals surface area contributed by atoms with E-state index in [1.807, 2.05) is 17.0 Å². The van der Waals surface area contributed by atoms with Gasteiger partial charge < -0.3 is 5.32 Å². The molecule has 0 aliphatic rings. The van der Waals surface area contributed by atoms with Crippen LogP contribution in [0, 0.1) is 17.0 Å². The summed E-state index contributed by atoms with van der Waals surface area (Å²) in [5, 5.41) is 14.3.